The van der Waals surface area contributed by atoms with E-state index in [4.69, 9.17) is 5.73 Å². The van der Waals surface area contributed by atoms with E-state index in [1.807, 2.05) is 12.1 Å². The molecule has 1 fully saturated rings. The van der Waals surface area contributed by atoms with Gasteiger partial charge in [-0.3, -0.25) is 0 Å². The molecule has 96 valence electrons. The minimum Gasteiger partial charge on any atom is -0.320 e. The molecule has 1 aromatic rings. The van der Waals surface area contributed by atoms with Crippen molar-refractivity contribution in [3.63, 3.8) is 0 Å². The summed E-state index contributed by atoms with van der Waals surface area (Å²) in [7, 11) is 0. The minimum atomic E-state index is -4.31. The van der Waals surface area contributed by atoms with Crippen LogP contribution in [0.5, 0.6) is 0 Å². The predicted molar refractivity (Wildman–Crippen MR) is 63.4 cm³/mol. The number of rotatable bonds is 3. The molecule has 0 amide bonds. The van der Waals surface area contributed by atoms with E-state index in [2.05, 4.69) is 0 Å². The summed E-state index contributed by atoms with van der Waals surface area (Å²) in [6.07, 6.45) is -2.06. The quantitative estimate of drug-likeness (QED) is 0.890. The Morgan fingerprint density at radius 1 is 1.18 bits per heavy atom. The van der Waals surface area contributed by atoms with Crippen molar-refractivity contribution >= 4 is 12.4 Å². The average Bonchev–Trinajstić information content (AvgIpc) is 3.01. The Bertz CT molecular complexity index is 357. The van der Waals surface area contributed by atoms with Gasteiger partial charge in [0.05, 0.1) is 0 Å². The highest BCUT2D eigenvalue weighted by molar-refractivity contribution is 5.85. The molecular formula is C12H15ClF3N. The zero-order valence-electron chi connectivity index (χ0n) is 9.20. The molecule has 2 rings (SSSR count). The fraction of sp³-hybridized carbons (Fsp3) is 0.500. The molecule has 0 aliphatic heterocycles. The highest BCUT2D eigenvalue weighted by Crippen LogP contribution is 2.39. The topological polar surface area (TPSA) is 26.0 Å². The van der Waals surface area contributed by atoms with Crippen LogP contribution in [0.25, 0.3) is 0 Å². The maximum Gasteiger partial charge on any atom is 0.403 e. The van der Waals surface area contributed by atoms with Gasteiger partial charge in [-0.15, -0.1) is 12.4 Å². The SMILES string of the molecule is Cl.NC(Cc1ccc(C2CC2)cc1)C(F)(F)F. The van der Waals surface area contributed by atoms with E-state index in [1.165, 1.54) is 18.4 Å². The highest BCUT2D eigenvalue weighted by atomic mass is 35.5. The molecule has 1 nitrogen and oxygen atoms in total. The second kappa shape index (κ2) is 5.27. The van der Waals surface area contributed by atoms with Crippen molar-refractivity contribution in [1.29, 1.82) is 0 Å². The van der Waals surface area contributed by atoms with E-state index in [1.54, 1.807) is 12.1 Å². The number of nitrogens with two attached hydrogens (primary N) is 1. The van der Waals surface area contributed by atoms with Gasteiger partial charge in [-0.1, -0.05) is 24.3 Å². The molecule has 2 N–H and O–H groups in total. The van der Waals surface area contributed by atoms with Gasteiger partial charge in [-0.25, -0.2) is 0 Å². The summed E-state index contributed by atoms with van der Waals surface area (Å²) in [5.41, 5.74) is 6.94. The van der Waals surface area contributed by atoms with Crippen LogP contribution in [-0.4, -0.2) is 12.2 Å². The summed E-state index contributed by atoms with van der Waals surface area (Å²) in [5, 5.41) is 0. The molecule has 1 saturated carbocycles. The number of hydrogen-bond acceptors (Lipinski definition) is 1. The first kappa shape index (κ1) is 14.3. The molecule has 1 atom stereocenters. The normalized spacial score (nSPS) is 17.4. The lowest BCUT2D eigenvalue weighted by Crippen LogP contribution is -2.39. The largest absolute Gasteiger partial charge is 0.403 e. The van der Waals surface area contributed by atoms with Gasteiger partial charge < -0.3 is 5.73 Å². The van der Waals surface area contributed by atoms with Crippen molar-refractivity contribution < 1.29 is 13.2 Å². The maximum absolute atomic E-state index is 12.2. The van der Waals surface area contributed by atoms with Crippen molar-refractivity contribution in [2.75, 3.05) is 0 Å². The summed E-state index contributed by atoms with van der Waals surface area (Å²) < 4.78 is 36.7. The van der Waals surface area contributed by atoms with E-state index in [0.29, 0.717) is 11.5 Å². The number of benzene rings is 1. The fourth-order valence-electron chi connectivity index (χ4n) is 1.71. The molecule has 1 aliphatic carbocycles. The molecule has 5 heteroatoms. The Labute approximate surface area is 105 Å². The Balaban J connectivity index is 0.00000144. The molecule has 0 bridgehead atoms. The second-order valence-electron chi connectivity index (χ2n) is 4.37. The number of halogens is 4. The van der Waals surface area contributed by atoms with Crippen molar-refractivity contribution in [3.8, 4) is 0 Å². The summed E-state index contributed by atoms with van der Waals surface area (Å²) in [6.45, 7) is 0. The zero-order chi connectivity index (χ0) is 11.8. The van der Waals surface area contributed by atoms with E-state index >= 15 is 0 Å². The number of hydrogen-bond donors (Lipinski definition) is 1. The molecular weight excluding hydrogens is 251 g/mol. The summed E-state index contributed by atoms with van der Waals surface area (Å²) >= 11 is 0. The zero-order valence-corrected chi connectivity index (χ0v) is 10.0. The molecule has 1 unspecified atom stereocenters. The van der Waals surface area contributed by atoms with Gasteiger partial charge in [0.1, 0.15) is 6.04 Å². The summed E-state index contributed by atoms with van der Waals surface area (Å²) in [5.74, 6) is 0.630. The van der Waals surface area contributed by atoms with Crippen LogP contribution in [0.4, 0.5) is 13.2 Å². The highest BCUT2D eigenvalue weighted by Gasteiger charge is 2.36. The first-order valence-corrected chi connectivity index (χ1v) is 5.38. The average molecular weight is 266 g/mol. The van der Waals surface area contributed by atoms with Gasteiger partial charge in [0.25, 0.3) is 0 Å². The third-order valence-electron chi connectivity index (χ3n) is 2.90. The lowest BCUT2D eigenvalue weighted by atomic mass is 10.0. The second-order valence-corrected chi connectivity index (χ2v) is 4.37. The van der Waals surface area contributed by atoms with Crippen molar-refractivity contribution in [1.82, 2.24) is 0 Å². The Morgan fingerprint density at radius 2 is 1.71 bits per heavy atom. The van der Waals surface area contributed by atoms with Gasteiger partial charge in [-0.2, -0.15) is 13.2 Å². The third kappa shape index (κ3) is 3.89. The van der Waals surface area contributed by atoms with Crippen LogP contribution in [0.3, 0.4) is 0 Å². The molecule has 0 radical (unpaired) electrons. The summed E-state index contributed by atoms with van der Waals surface area (Å²) in [4.78, 5) is 0. The first-order valence-electron chi connectivity index (χ1n) is 5.38. The Hall–Kier alpha value is -0.740. The number of alkyl halides is 3. The predicted octanol–water partition coefficient (Wildman–Crippen LogP) is 3.42. The minimum absolute atomic E-state index is 0. The van der Waals surface area contributed by atoms with E-state index in [-0.39, 0.29) is 18.8 Å². The molecule has 0 heterocycles. The van der Waals surface area contributed by atoms with Gasteiger partial charge in [0.15, 0.2) is 0 Å². The van der Waals surface area contributed by atoms with Crippen LogP contribution in [0.1, 0.15) is 29.9 Å². The Kier molecular flexibility index (Phi) is 4.44. The van der Waals surface area contributed by atoms with Crippen LogP contribution in [0.2, 0.25) is 0 Å². The Morgan fingerprint density at radius 3 is 2.12 bits per heavy atom. The smallest absolute Gasteiger partial charge is 0.320 e. The lowest BCUT2D eigenvalue weighted by Gasteiger charge is -2.15. The van der Waals surface area contributed by atoms with Crippen LogP contribution < -0.4 is 5.73 Å². The van der Waals surface area contributed by atoms with Gasteiger partial charge in [0, 0.05) is 0 Å². The van der Waals surface area contributed by atoms with Crippen LogP contribution >= 0.6 is 12.4 Å². The van der Waals surface area contributed by atoms with Crippen LogP contribution in [0.15, 0.2) is 24.3 Å². The maximum atomic E-state index is 12.2. The molecule has 1 aliphatic rings. The first-order chi connectivity index (χ1) is 7.47. The van der Waals surface area contributed by atoms with Gasteiger partial charge in [-0.05, 0) is 36.3 Å². The monoisotopic (exact) mass is 265 g/mol. The summed E-state index contributed by atoms with van der Waals surface area (Å²) in [6, 6.07) is 5.56. The van der Waals surface area contributed by atoms with Crippen LogP contribution in [-0.2, 0) is 6.42 Å². The standard InChI is InChI=1S/C12H14F3N.ClH/c13-12(14,15)11(16)7-8-1-3-9(4-2-8)10-5-6-10;/h1-4,10-11H,5-7,16H2;1H. The van der Waals surface area contributed by atoms with Crippen molar-refractivity contribution in [2.24, 2.45) is 5.73 Å². The fourth-order valence-corrected chi connectivity index (χ4v) is 1.71. The molecule has 0 aromatic heterocycles. The molecule has 0 saturated heterocycles. The third-order valence-corrected chi connectivity index (χ3v) is 2.90. The van der Waals surface area contributed by atoms with Gasteiger partial charge in [0.2, 0.25) is 0 Å². The van der Waals surface area contributed by atoms with Gasteiger partial charge >= 0.3 is 6.18 Å². The van der Waals surface area contributed by atoms with E-state index < -0.39 is 12.2 Å². The van der Waals surface area contributed by atoms with E-state index in [9.17, 15) is 13.2 Å². The van der Waals surface area contributed by atoms with Crippen LogP contribution in [0, 0.1) is 0 Å². The molecule has 0 spiro atoms. The van der Waals surface area contributed by atoms with Crippen molar-refractivity contribution in [3.05, 3.63) is 35.4 Å². The lowest BCUT2D eigenvalue weighted by molar-refractivity contribution is -0.147. The van der Waals surface area contributed by atoms with Crippen molar-refractivity contribution in [2.45, 2.75) is 37.4 Å². The van der Waals surface area contributed by atoms with E-state index in [0.717, 1.165) is 0 Å². The molecule has 17 heavy (non-hydrogen) atoms. The molecule has 1 aromatic carbocycles.